The molecule has 0 aromatic heterocycles. The first-order chi connectivity index (χ1) is 13.1. The van der Waals surface area contributed by atoms with Gasteiger partial charge in [-0.1, -0.05) is 49.4 Å². The summed E-state index contributed by atoms with van der Waals surface area (Å²) in [5.74, 6) is 0.549. The topological polar surface area (TPSA) is 58.6 Å². The van der Waals surface area contributed by atoms with E-state index >= 15 is 0 Å². The molecule has 4 rings (SSSR count). The van der Waals surface area contributed by atoms with Gasteiger partial charge in [0.2, 0.25) is 5.91 Å². The van der Waals surface area contributed by atoms with Crippen LogP contribution in [-0.2, 0) is 4.79 Å². The highest BCUT2D eigenvalue weighted by molar-refractivity contribution is 5.98. The lowest BCUT2D eigenvalue weighted by atomic mass is 9.92. The third-order valence-electron chi connectivity index (χ3n) is 5.57. The Morgan fingerprint density at radius 1 is 1.11 bits per heavy atom. The van der Waals surface area contributed by atoms with Crippen LogP contribution >= 0.6 is 0 Å². The number of benzene rings is 2. The summed E-state index contributed by atoms with van der Waals surface area (Å²) in [7, 11) is 0. The van der Waals surface area contributed by atoms with Crippen LogP contribution in [0.4, 0.5) is 0 Å². The van der Waals surface area contributed by atoms with Crippen molar-refractivity contribution in [3.63, 3.8) is 0 Å². The number of nitrogens with one attached hydrogen (secondary N) is 1. The molecule has 1 atom stereocenters. The number of ether oxygens (including phenoxy) is 1. The number of para-hydroxylation sites is 1. The molecule has 1 spiro atoms. The predicted octanol–water partition coefficient (Wildman–Crippen LogP) is 3.32. The normalized spacial score (nSPS) is 19.0. The van der Waals surface area contributed by atoms with Gasteiger partial charge in [0.05, 0.1) is 11.5 Å². The van der Waals surface area contributed by atoms with E-state index in [9.17, 15) is 9.59 Å². The molecule has 2 amide bonds. The fourth-order valence-electron chi connectivity index (χ4n) is 4.03. The molecule has 27 heavy (non-hydrogen) atoms. The first-order valence-corrected chi connectivity index (χ1v) is 9.56. The van der Waals surface area contributed by atoms with E-state index in [-0.39, 0.29) is 17.7 Å². The van der Waals surface area contributed by atoms with E-state index in [1.165, 1.54) is 0 Å². The summed E-state index contributed by atoms with van der Waals surface area (Å²) in [4.78, 5) is 27.4. The maximum Gasteiger partial charge on any atom is 0.258 e. The summed E-state index contributed by atoms with van der Waals surface area (Å²) in [6.07, 6.45) is 1.94. The van der Waals surface area contributed by atoms with Crippen LogP contribution in [0.1, 0.15) is 48.0 Å². The van der Waals surface area contributed by atoms with Crippen molar-refractivity contribution in [1.82, 2.24) is 10.2 Å². The van der Waals surface area contributed by atoms with Crippen LogP contribution in [0.25, 0.3) is 0 Å². The molecule has 1 saturated heterocycles. The largest absolute Gasteiger partial charge is 0.467 e. The second kappa shape index (κ2) is 7.06. The highest BCUT2D eigenvalue weighted by Gasteiger charge is 2.43. The minimum atomic E-state index is -0.712. The van der Waals surface area contributed by atoms with Crippen molar-refractivity contribution in [3.05, 3.63) is 65.7 Å². The van der Waals surface area contributed by atoms with Crippen LogP contribution in [0, 0.1) is 0 Å². The van der Waals surface area contributed by atoms with Gasteiger partial charge < -0.3 is 15.0 Å². The van der Waals surface area contributed by atoms with Crippen molar-refractivity contribution in [2.24, 2.45) is 0 Å². The lowest BCUT2D eigenvalue weighted by molar-refractivity contribution is -0.137. The molecule has 0 aliphatic carbocycles. The number of hydrogen-bond donors (Lipinski definition) is 1. The van der Waals surface area contributed by atoms with Gasteiger partial charge in [-0.25, -0.2) is 0 Å². The zero-order valence-corrected chi connectivity index (χ0v) is 15.5. The maximum atomic E-state index is 13.1. The standard InChI is InChI=1S/C22H24N2O3/c1-2-17(16-8-4-3-5-9-16)21(26)24-14-12-22(13-15-24)23-20(25)18-10-6-7-11-19(18)27-22/h3-11,17H,2,12-15H2,1H3,(H,23,25). The molecular weight excluding hydrogens is 340 g/mol. The van der Waals surface area contributed by atoms with Crippen molar-refractivity contribution < 1.29 is 14.3 Å². The number of rotatable bonds is 3. The minimum absolute atomic E-state index is 0.104. The molecule has 5 heteroatoms. The van der Waals surface area contributed by atoms with Gasteiger partial charge in [0, 0.05) is 25.9 Å². The molecule has 1 unspecified atom stereocenters. The van der Waals surface area contributed by atoms with Crippen LogP contribution in [0.5, 0.6) is 5.75 Å². The van der Waals surface area contributed by atoms with E-state index in [0.717, 1.165) is 12.0 Å². The summed E-state index contributed by atoms with van der Waals surface area (Å²) in [5.41, 5.74) is 0.912. The van der Waals surface area contributed by atoms with Crippen LogP contribution in [0.2, 0.25) is 0 Å². The summed E-state index contributed by atoms with van der Waals surface area (Å²) in [6, 6.07) is 17.2. The lowest BCUT2D eigenvalue weighted by Gasteiger charge is -2.45. The molecule has 2 aromatic rings. The number of amides is 2. The number of fused-ring (bicyclic) bond motifs is 1. The van der Waals surface area contributed by atoms with Crippen molar-refractivity contribution in [3.8, 4) is 5.75 Å². The molecule has 2 heterocycles. The van der Waals surface area contributed by atoms with Crippen molar-refractivity contribution in [2.45, 2.75) is 37.8 Å². The van der Waals surface area contributed by atoms with Gasteiger partial charge in [-0.15, -0.1) is 0 Å². The molecule has 2 aliphatic heterocycles. The Bertz CT molecular complexity index is 842. The van der Waals surface area contributed by atoms with E-state index in [1.807, 2.05) is 60.4 Å². The molecular formula is C22H24N2O3. The summed E-state index contributed by atoms with van der Waals surface area (Å²) in [5, 5.41) is 3.02. The summed E-state index contributed by atoms with van der Waals surface area (Å²) >= 11 is 0. The summed E-state index contributed by atoms with van der Waals surface area (Å²) < 4.78 is 6.16. The van der Waals surface area contributed by atoms with Crippen molar-refractivity contribution >= 4 is 11.8 Å². The SMILES string of the molecule is CCC(C(=O)N1CCC2(CC1)NC(=O)c1ccccc1O2)c1ccccc1. The molecule has 2 aromatic carbocycles. The number of carbonyl (C=O) groups excluding carboxylic acids is 2. The molecule has 0 bridgehead atoms. The minimum Gasteiger partial charge on any atom is -0.467 e. The highest BCUT2D eigenvalue weighted by Crippen LogP contribution is 2.34. The smallest absolute Gasteiger partial charge is 0.258 e. The highest BCUT2D eigenvalue weighted by atomic mass is 16.5. The predicted molar refractivity (Wildman–Crippen MR) is 103 cm³/mol. The third-order valence-corrected chi connectivity index (χ3v) is 5.57. The van der Waals surface area contributed by atoms with E-state index in [4.69, 9.17) is 4.74 Å². The van der Waals surface area contributed by atoms with Crippen LogP contribution in [0.15, 0.2) is 54.6 Å². The Labute approximate surface area is 159 Å². The molecule has 1 fully saturated rings. The average Bonchev–Trinajstić information content (AvgIpc) is 2.70. The van der Waals surface area contributed by atoms with E-state index < -0.39 is 5.72 Å². The first kappa shape index (κ1) is 17.6. The van der Waals surface area contributed by atoms with Crippen LogP contribution in [0.3, 0.4) is 0 Å². The number of carbonyl (C=O) groups is 2. The third kappa shape index (κ3) is 3.29. The molecule has 2 aliphatic rings. The lowest BCUT2D eigenvalue weighted by Crippen LogP contribution is -2.61. The van der Waals surface area contributed by atoms with E-state index in [0.29, 0.717) is 37.2 Å². The van der Waals surface area contributed by atoms with Gasteiger partial charge in [-0.3, -0.25) is 9.59 Å². The zero-order valence-electron chi connectivity index (χ0n) is 15.5. The Morgan fingerprint density at radius 3 is 2.48 bits per heavy atom. The molecule has 1 N–H and O–H groups in total. The van der Waals surface area contributed by atoms with Gasteiger partial charge >= 0.3 is 0 Å². The van der Waals surface area contributed by atoms with Crippen molar-refractivity contribution in [1.29, 1.82) is 0 Å². The summed E-state index contributed by atoms with van der Waals surface area (Å²) in [6.45, 7) is 3.19. The van der Waals surface area contributed by atoms with Crippen LogP contribution in [-0.4, -0.2) is 35.5 Å². The quantitative estimate of drug-likeness (QED) is 0.909. The maximum absolute atomic E-state index is 13.1. The second-order valence-electron chi connectivity index (χ2n) is 7.24. The van der Waals surface area contributed by atoms with Gasteiger partial charge in [-0.05, 0) is 24.1 Å². The number of nitrogens with zero attached hydrogens (tertiary/aromatic N) is 1. The zero-order chi connectivity index (χ0) is 18.9. The molecule has 5 nitrogen and oxygen atoms in total. The Hall–Kier alpha value is -2.82. The number of hydrogen-bond acceptors (Lipinski definition) is 3. The van der Waals surface area contributed by atoms with Gasteiger partial charge in [0.15, 0.2) is 5.72 Å². The molecule has 140 valence electrons. The average molecular weight is 364 g/mol. The molecule has 0 radical (unpaired) electrons. The number of piperidine rings is 1. The Morgan fingerprint density at radius 2 is 1.78 bits per heavy atom. The fraction of sp³-hybridized carbons (Fsp3) is 0.364. The monoisotopic (exact) mass is 364 g/mol. The molecule has 0 saturated carbocycles. The second-order valence-corrected chi connectivity index (χ2v) is 7.24. The first-order valence-electron chi connectivity index (χ1n) is 9.56. The van der Waals surface area contributed by atoms with Crippen molar-refractivity contribution in [2.75, 3.05) is 13.1 Å². The van der Waals surface area contributed by atoms with Crippen LogP contribution < -0.4 is 10.1 Å². The number of likely N-dealkylation sites (tertiary alicyclic amines) is 1. The Kier molecular flexibility index (Phi) is 4.60. The van der Waals surface area contributed by atoms with E-state index in [2.05, 4.69) is 5.32 Å². The fourth-order valence-corrected chi connectivity index (χ4v) is 4.03. The van der Waals surface area contributed by atoms with Gasteiger partial charge in [0.25, 0.3) is 5.91 Å². The van der Waals surface area contributed by atoms with Gasteiger partial charge in [-0.2, -0.15) is 0 Å². The van der Waals surface area contributed by atoms with E-state index in [1.54, 1.807) is 6.07 Å². The van der Waals surface area contributed by atoms with Gasteiger partial charge in [0.1, 0.15) is 5.75 Å². The Balaban J connectivity index is 1.46.